The van der Waals surface area contributed by atoms with Gasteiger partial charge in [-0.3, -0.25) is 19.2 Å². The van der Waals surface area contributed by atoms with Gasteiger partial charge in [-0.15, -0.1) is 13.2 Å². The van der Waals surface area contributed by atoms with Gasteiger partial charge in [-0.25, -0.2) is 0 Å². The van der Waals surface area contributed by atoms with Gasteiger partial charge in [-0.1, -0.05) is 90.3 Å². The molecule has 3 amide bonds. The maximum absolute atomic E-state index is 15.0. The van der Waals surface area contributed by atoms with Crippen molar-refractivity contribution in [1.82, 2.24) is 9.80 Å². The molecule has 1 unspecified atom stereocenters. The monoisotopic (exact) mass is 797 g/mol. The van der Waals surface area contributed by atoms with Crippen LogP contribution in [-0.4, -0.2) is 93.5 Å². The lowest BCUT2D eigenvalue weighted by Crippen LogP contribution is -2.60. The van der Waals surface area contributed by atoms with Crippen LogP contribution in [0.5, 0.6) is 0 Å². The van der Waals surface area contributed by atoms with Crippen molar-refractivity contribution in [3.05, 3.63) is 90.5 Å². The summed E-state index contributed by atoms with van der Waals surface area (Å²) in [6, 6.07) is 13.6. The number of hydrogen-bond donors (Lipinski definition) is 1. The number of aliphatic hydroxyl groups is 1. The van der Waals surface area contributed by atoms with Gasteiger partial charge in [0.1, 0.15) is 17.7 Å². The lowest BCUT2D eigenvalue weighted by atomic mass is 9.70. The van der Waals surface area contributed by atoms with Crippen LogP contribution in [0.4, 0.5) is 5.69 Å². The van der Waals surface area contributed by atoms with Gasteiger partial charge in [0.25, 0.3) is 5.91 Å². The zero-order chi connectivity index (χ0) is 37.9. The fraction of sp³-hybridized carbons (Fsp3) is 0.500. The van der Waals surface area contributed by atoms with E-state index in [9.17, 15) is 24.3 Å². The van der Waals surface area contributed by atoms with Crippen LogP contribution in [0.1, 0.15) is 58.1 Å². The molecule has 3 fully saturated rings. The molecule has 1 spiro atoms. The van der Waals surface area contributed by atoms with Crippen molar-refractivity contribution >= 4 is 56.9 Å². The van der Waals surface area contributed by atoms with Crippen molar-refractivity contribution in [2.24, 2.45) is 17.8 Å². The Morgan fingerprint density at radius 2 is 1.81 bits per heavy atom. The minimum atomic E-state index is -1.39. The van der Waals surface area contributed by atoms with E-state index >= 15 is 0 Å². The average Bonchev–Trinajstić information content (AvgIpc) is 3.75. The minimum Gasteiger partial charge on any atom is -0.455 e. The van der Waals surface area contributed by atoms with E-state index in [-0.39, 0.29) is 42.6 Å². The number of nitrogens with zero attached hydrogens (tertiary/aromatic N) is 3. The first-order valence-electron chi connectivity index (χ1n) is 17.9. The van der Waals surface area contributed by atoms with Crippen molar-refractivity contribution in [2.45, 2.75) is 87.2 Å². The Bertz CT molecular complexity index is 1640. The number of carbonyl (C=O) groups excluding carboxylic acids is 4. The molecule has 0 aliphatic carbocycles. The number of allylic oxidation sites excluding steroid dienone is 1. The molecule has 3 saturated heterocycles. The van der Waals surface area contributed by atoms with Gasteiger partial charge in [0.2, 0.25) is 11.8 Å². The van der Waals surface area contributed by atoms with Gasteiger partial charge in [0, 0.05) is 35.6 Å². The fourth-order valence-electron chi connectivity index (χ4n) is 8.13. The van der Waals surface area contributed by atoms with Crippen LogP contribution in [0.15, 0.2) is 79.9 Å². The maximum atomic E-state index is 15.0. The van der Waals surface area contributed by atoms with E-state index in [1.54, 1.807) is 48.4 Å². The topological polar surface area (TPSA) is 117 Å². The Morgan fingerprint density at radius 3 is 2.40 bits per heavy atom. The third kappa shape index (κ3) is 7.21. The molecule has 0 aromatic heterocycles. The number of carbonyl (C=O) groups is 4. The maximum Gasteiger partial charge on any atom is 0.313 e. The second-order valence-electron chi connectivity index (χ2n) is 14.1. The number of amides is 3. The number of halogens is 2. The van der Waals surface area contributed by atoms with Crippen LogP contribution >= 0.6 is 27.5 Å². The lowest BCUT2D eigenvalue weighted by molar-refractivity contribution is -0.165. The molecule has 3 aliphatic rings. The molecule has 3 aliphatic heterocycles. The van der Waals surface area contributed by atoms with E-state index in [4.69, 9.17) is 21.1 Å². The summed E-state index contributed by atoms with van der Waals surface area (Å²) in [6.45, 7) is 13.1. The number of ether oxygens (including phenoxy) is 2. The van der Waals surface area contributed by atoms with Crippen molar-refractivity contribution in [2.75, 3.05) is 25.1 Å². The highest BCUT2D eigenvalue weighted by Gasteiger charge is 2.78. The highest BCUT2D eigenvalue weighted by molar-refractivity contribution is 9.09. The number of likely N-dealkylation sites (tertiary alicyclic amines) is 1. The molecule has 2 aromatic rings. The number of rotatable bonds is 16. The second kappa shape index (κ2) is 16.7. The zero-order valence-electron chi connectivity index (χ0n) is 30.2. The number of esters is 1. The lowest BCUT2D eigenvalue weighted by Gasteiger charge is -2.41. The number of fused-ring (bicyclic) bond motifs is 1. The predicted molar refractivity (Wildman–Crippen MR) is 204 cm³/mol. The largest absolute Gasteiger partial charge is 0.455 e. The highest BCUT2D eigenvalue weighted by Crippen LogP contribution is 2.61. The number of likely N-dealkylation sites (N-methyl/N-ethyl adjacent to an activating group) is 1. The van der Waals surface area contributed by atoms with E-state index < -0.39 is 65.6 Å². The van der Waals surface area contributed by atoms with Gasteiger partial charge < -0.3 is 29.3 Å². The van der Waals surface area contributed by atoms with E-state index in [1.807, 2.05) is 51.1 Å². The van der Waals surface area contributed by atoms with E-state index in [2.05, 4.69) is 29.1 Å². The van der Waals surface area contributed by atoms with Crippen LogP contribution in [0.25, 0.3) is 0 Å². The van der Waals surface area contributed by atoms with Crippen LogP contribution in [0, 0.1) is 17.8 Å². The normalized spacial score (nSPS) is 26.9. The van der Waals surface area contributed by atoms with Gasteiger partial charge in [-0.05, 0) is 55.5 Å². The molecule has 0 radical (unpaired) electrons. The van der Waals surface area contributed by atoms with E-state index in [1.165, 1.54) is 9.80 Å². The molecule has 10 atom stereocenters. The molecular formula is C40H49BrClN3O7. The van der Waals surface area contributed by atoms with Crippen molar-refractivity contribution in [1.29, 1.82) is 0 Å². The summed E-state index contributed by atoms with van der Waals surface area (Å²) in [5, 5.41) is 11.3. The summed E-state index contributed by atoms with van der Waals surface area (Å²) in [7, 11) is 1.68. The number of alkyl halides is 1. The minimum absolute atomic E-state index is 0.125. The van der Waals surface area contributed by atoms with Crippen molar-refractivity contribution in [3.8, 4) is 0 Å². The SMILES string of the molecule is C=CCCC(=O)N(C)[C@H](C)[C@H](OC(=O)[C@@H]1[C@H]2O[C@@]3(CC2Br)[C@H](C(=O)N(CC=C)c2ccc(Cl)cc2)N([C@@H](CO)[C@@H](C)CC)C(=O)[C@@H]13)c1ccccc1. The first-order chi connectivity index (χ1) is 24.9. The van der Waals surface area contributed by atoms with E-state index in [0.717, 1.165) is 0 Å². The van der Waals surface area contributed by atoms with E-state index in [0.29, 0.717) is 29.1 Å². The third-order valence-corrected chi connectivity index (χ3v) is 12.3. The molecule has 5 rings (SSSR count). The van der Waals surface area contributed by atoms with Crippen LogP contribution in [0.2, 0.25) is 5.02 Å². The average molecular weight is 799 g/mol. The first-order valence-corrected chi connectivity index (χ1v) is 19.2. The second-order valence-corrected chi connectivity index (χ2v) is 15.7. The van der Waals surface area contributed by atoms with Gasteiger partial charge in [0.15, 0.2) is 0 Å². The Labute approximate surface area is 319 Å². The Morgan fingerprint density at radius 1 is 1.13 bits per heavy atom. The quantitative estimate of drug-likeness (QED) is 0.124. The zero-order valence-corrected chi connectivity index (χ0v) is 32.5. The number of hydrogen-bond acceptors (Lipinski definition) is 7. The fourth-order valence-corrected chi connectivity index (χ4v) is 9.20. The number of aliphatic hydroxyl groups excluding tert-OH is 1. The number of anilines is 1. The molecule has 2 bridgehead atoms. The molecular weight excluding hydrogens is 750 g/mol. The van der Waals surface area contributed by atoms with Crippen molar-refractivity contribution < 1.29 is 33.8 Å². The number of benzene rings is 2. The van der Waals surface area contributed by atoms with Gasteiger partial charge in [-0.2, -0.15) is 0 Å². The molecule has 12 heteroatoms. The van der Waals surface area contributed by atoms with Crippen LogP contribution in [0.3, 0.4) is 0 Å². The highest BCUT2D eigenvalue weighted by atomic mass is 79.9. The van der Waals surface area contributed by atoms with Gasteiger partial charge >= 0.3 is 5.97 Å². The summed E-state index contributed by atoms with van der Waals surface area (Å²) in [5.41, 5.74) is -0.154. The summed E-state index contributed by atoms with van der Waals surface area (Å²) < 4.78 is 13.1. The van der Waals surface area contributed by atoms with Gasteiger partial charge in [0.05, 0.1) is 36.6 Å². The molecule has 10 nitrogen and oxygen atoms in total. The van der Waals surface area contributed by atoms with Crippen LogP contribution in [-0.2, 0) is 28.7 Å². The summed E-state index contributed by atoms with van der Waals surface area (Å²) >= 11 is 9.94. The predicted octanol–water partition coefficient (Wildman–Crippen LogP) is 6.11. The van der Waals surface area contributed by atoms with Crippen LogP contribution < -0.4 is 4.90 Å². The Balaban J connectivity index is 1.57. The smallest absolute Gasteiger partial charge is 0.313 e. The molecule has 52 heavy (non-hydrogen) atoms. The molecule has 1 N–H and O–H groups in total. The van der Waals surface area contributed by atoms with Crippen molar-refractivity contribution in [3.63, 3.8) is 0 Å². The summed E-state index contributed by atoms with van der Waals surface area (Å²) in [4.78, 5) is 61.9. The molecule has 0 saturated carbocycles. The standard InChI is InChI=1S/C40H49BrClN3O7/c1-7-10-16-31(47)43(6)25(5)34(26-14-12-11-13-15-26)51-39(50)32-33-37(48)45(30(23-46)24(4)9-3)36(40(33)22-29(41)35(32)52-40)38(49)44(21-8-2)28-19-17-27(42)18-20-28/h7-8,11-15,17-20,24-25,29-30,32-36,46H,1-2,9-10,16,21-23H2,3-6H3/t24-,25+,29?,30-,32-,33+,34-,35-,36-,40+/m0/s1. The molecule has 2 aromatic carbocycles. The Kier molecular flexibility index (Phi) is 12.7. The Hall–Kier alpha value is -3.51. The first kappa shape index (κ1) is 39.7. The summed E-state index contributed by atoms with van der Waals surface area (Å²) in [5.74, 6) is -3.92. The molecule has 280 valence electrons. The third-order valence-electron chi connectivity index (χ3n) is 11.2. The molecule has 3 heterocycles. The summed E-state index contributed by atoms with van der Waals surface area (Å²) in [6.07, 6.45) is 3.34.